The Morgan fingerprint density at radius 1 is 1.45 bits per heavy atom. The van der Waals surface area contributed by atoms with Crippen LogP contribution in [0.15, 0.2) is 24.3 Å². The fourth-order valence-electron chi connectivity index (χ4n) is 2.71. The molecule has 1 aliphatic rings. The maximum atomic E-state index is 13.5. The van der Waals surface area contributed by atoms with Crippen molar-refractivity contribution in [1.29, 1.82) is 0 Å². The van der Waals surface area contributed by atoms with Gasteiger partial charge in [0.2, 0.25) is 5.91 Å². The molecule has 0 spiro atoms. The molecule has 1 aliphatic heterocycles. The number of likely N-dealkylation sites (N-methyl/N-ethyl adjacent to an activating group) is 1. The molecule has 2 unspecified atom stereocenters. The minimum Gasteiger partial charge on any atom is -0.344 e. The first-order valence-corrected chi connectivity index (χ1v) is 7.29. The Kier molecular flexibility index (Phi) is 5.12. The molecule has 110 valence electrons. The number of hydrogen-bond acceptors (Lipinski definition) is 2. The van der Waals surface area contributed by atoms with Gasteiger partial charge in [-0.2, -0.15) is 0 Å². The summed E-state index contributed by atoms with van der Waals surface area (Å²) in [6.45, 7) is 2.89. The highest BCUT2D eigenvalue weighted by Gasteiger charge is 2.23. The second-order valence-corrected chi connectivity index (χ2v) is 5.71. The predicted molar refractivity (Wildman–Crippen MR) is 78.0 cm³/mol. The van der Waals surface area contributed by atoms with Gasteiger partial charge in [0.05, 0.1) is 0 Å². The Morgan fingerprint density at radius 2 is 2.20 bits per heavy atom. The molecule has 1 aromatic rings. The van der Waals surface area contributed by atoms with Crippen LogP contribution in [-0.4, -0.2) is 36.5 Å². The number of piperidine rings is 1. The lowest BCUT2D eigenvalue weighted by molar-refractivity contribution is -0.132. The van der Waals surface area contributed by atoms with Crippen LogP contribution < -0.4 is 5.32 Å². The van der Waals surface area contributed by atoms with E-state index in [-0.39, 0.29) is 11.7 Å². The molecular formula is C16H23FN2O. The number of rotatable bonds is 5. The van der Waals surface area contributed by atoms with Crippen molar-refractivity contribution >= 4 is 5.91 Å². The van der Waals surface area contributed by atoms with E-state index in [0.29, 0.717) is 18.5 Å². The minimum atomic E-state index is -0.123. The first-order chi connectivity index (χ1) is 9.56. The van der Waals surface area contributed by atoms with Crippen LogP contribution in [0, 0.1) is 5.82 Å². The Balaban J connectivity index is 1.77. The van der Waals surface area contributed by atoms with E-state index in [1.807, 2.05) is 19.2 Å². The zero-order chi connectivity index (χ0) is 14.5. The average molecular weight is 278 g/mol. The van der Waals surface area contributed by atoms with Crippen molar-refractivity contribution < 1.29 is 9.18 Å². The Hall–Kier alpha value is -1.42. The van der Waals surface area contributed by atoms with Gasteiger partial charge in [-0.3, -0.25) is 4.79 Å². The van der Waals surface area contributed by atoms with E-state index in [4.69, 9.17) is 0 Å². The molecule has 0 radical (unpaired) electrons. The van der Waals surface area contributed by atoms with Crippen molar-refractivity contribution in [2.24, 2.45) is 0 Å². The lowest BCUT2D eigenvalue weighted by Crippen LogP contribution is -2.49. The molecule has 0 bridgehead atoms. The lowest BCUT2D eigenvalue weighted by Gasteiger charge is -2.32. The summed E-state index contributed by atoms with van der Waals surface area (Å²) in [4.78, 5) is 13.2. The van der Waals surface area contributed by atoms with E-state index >= 15 is 0 Å². The SMILES string of the molecule is CC(CCc1ccccc1F)NC1CCC(=O)N(C)C1. The highest BCUT2D eigenvalue weighted by molar-refractivity contribution is 5.76. The first-order valence-electron chi connectivity index (χ1n) is 7.29. The summed E-state index contributed by atoms with van der Waals surface area (Å²) < 4.78 is 13.5. The third kappa shape index (κ3) is 4.04. The van der Waals surface area contributed by atoms with E-state index in [1.165, 1.54) is 6.07 Å². The number of halogens is 1. The number of nitrogens with zero attached hydrogens (tertiary/aromatic N) is 1. The molecule has 2 atom stereocenters. The number of carbonyl (C=O) groups excluding carboxylic acids is 1. The van der Waals surface area contributed by atoms with Gasteiger partial charge in [-0.15, -0.1) is 0 Å². The van der Waals surface area contributed by atoms with E-state index < -0.39 is 0 Å². The standard InChI is InChI=1S/C16H23FN2O/c1-12(7-8-13-5-3-4-6-15(13)17)18-14-9-10-16(20)19(2)11-14/h3-6,12,14,18H,7-11H2,1-2H3. The molecular weight excluding hydrogens is 255 g/mol. The molecule has 0 aromatic heterocycles. The molecule has 1 amide bonds. The van der Waals surface area contributed by atoms with Crippen LogP contribution >= 0.6 is 0 Å². The minimum absolute atomic E-state index is 0.123. The number of hydrogen-bond donors (Lipinski definition) is 1. The molecule has 1 N–H and O–H groups in total. The summed E-state index contributed by atoms with van der Waals surface area (Å²) >= 11 is 0. The molecule has 3 nitrogen and oxygen atoms in total. The largest absolute Gasteiger partial charge is 0.344 e. The van der Waals surface area contributed by atoms with Crippen LogP contribution in [0.5, 0.6) is 0 Å². The number of nitrogens with one attached hydrogen (secondary N) is 1. The molecule has 1 saturated heterocycles. The van der Waals surface area contributed by atoms with Gasteiger partial charge in [0, 0.05) is 32.1 Å². The van der Waals surface area contributed by atoms with Crippen LogP contribution in [0.1, 0.15) is 31.7 Å². The van der Waals surface area contributed by atoms with E-state index in [1.54, 1.807) is 11.0 Å². The van der Waals surface area contributed by atoms with Crippen molar-refractivity contribution in [2.45, 2.75) is 44.7 Å². The van der Waals surface area contributed by atoms with Gasteiger partial charge in [0.1, 0.15) is 5.82 Å². The molecule has 0 saturated carbocycles. The second kappa shape index (κ2) is 6.84. The van der Waals surface area contributed by atoms with Crippen molar-refractivity contribution in [1.82, 2.24) is 10.2 Å². The van der Waals surface area contributed by atoms with Crippen LogP contribution in [0.25, 0.3) is 0 Å². The molecule has 1 heterocycles. The Bertz CT molecular complexity index is 464. The average Bonchev–Trinajstić information content (AvgIpc) is 2.42. The maximum Gasteiger partial charge on any atom is 0.222 e. The molecule has 1 aromatic carbocycles. The maximum absolute atomic E-state index is 13.5. The second-order valence-electron chi connectivity index (χ2n) is 5.71. The van der Waals surface area contributed by atoms with Gasteiger partial charge in [0.15, 0.2) is 0 Å². The van der Waals surface area contributed by atoms with Crippen LogP contribution in [0.4, 0.5) is 4.39 Å². The highest BCUT2D eigenvalue weighted by atomic mass is 19.1. The molecule has 2 rings (SSSR count). The van der Waals surface area contributed by atoms with E-state index in [9.17, 15) is 9.18 Å². The number of benzene rings is 1. The fraction of sp³-hybridized carbons (Fsp3) is 0.562. The van der Waals surface area contributed by atoms with Crippen molar-refractivity contribution in [3.8, 4) is 0 Å². The van der Waals surface area contributed by atoms with Crippen molar-refractivity contribution in [2.75, 3.05) is 13.6 Å². The summed E-state index contributed by atoms with van der Waals surface area (Å²) in [6, 6.07) is 7.62. The van der Waals surface area contributed by atoms with Gasteiger partial charge in [-0.1, -0.05) is 18.2 Å². The number of amides is 1. The highest BCUT2D eigenvalue weighted by Crippen LogP contribution is 2.13. The van der Waals surface area contributed by atoms with Gasteiger partial charge in [-0.05, 0) is 37.8 Å². The molecule has 1 fully saturated rings. The quantitative estimate of drug-likeness (QED) is 0.896. The van der Waals surface area contributed by atoms with Crippen LogP contribution in [-0.2, 0) is 11.2 Å². The summed E-state index contributed by atoms with van der Waals surface area (Å²) in [6.07, 6.45) is 3.15. The van der Waals surface area contributed by atoms with Crippen LogP contribution in [0.3, 0.4) is 0 Å². The smallest absolute Gasteiger partial charge is 0.222 e. The fourth-order valence-corrected chi connectivity index (χ4v) is 2.71. The van der Waals surface area contributed by atoms with Gasteiger partial charge in [0.25, 0.3) is 0 Å². The predicted octanol–water partition coefficient (Wildman–Crippen LogP) is 2.36. The summed E-state index contributed by atoms with van der Waals surface area (Å²) in [5.41, 5.74) is 0.775. The summed E-state index contributed by atoms with van der Waals surface area (Å²) in [7, 11) is 1.85. The molecule has 0 aliphatic carbocycles. The number of aryl methyl sites for hydroxylation is 1. The monoisotopic (exact) mass is 278 g/mol. The van der Waals surface area contributed by atoms with E-state index in [0.717, 1.165) is 31.4 Å². The van der Waals surface area contributed by atoms with Crippen molar-refractivity contribution in [3.05, 3.63) is 35.6 Å². The lowest BCUT2D eigenvalue weighted by atomic mass is 10.0. The van der Waals surface area contributed by atoms with Gasteiger partial charge in [-0.25, -0.2) is 4.39 Å². The zero-order valence-corrected chi connectivity index (χ0v) is 12.2. The summed E-state index contributed by atoms with van der Waals surface area (Å²) in [5, 5.41) is 3.54. The zero-order valence-electron chi connectivity index (χ0n) is 12.2. The van der Waals surface area contributed by atoms with Gasteiger partial charge >= 0.3 is 0 Å². The number of likely N-dealkylation sites (tertiary alicyclic amines) is 1. The van der Waals surface area contributed by atoms with Gasteiger partial charge < -0.3 is 10.2 Å². The topological polar surface area (TPSA) is 32.3 Å². The summed E-state index contributed by atoms with van der Waals surface area (Å²) in [5.74, 6) is 0.102. The normalized spacial score (nSPS) is 21.1. The third-order valence-corrected chi connectivity index (χ3v) is 3.95. The third-order valence-electron chi connectivity index (χ3n) is 3.95. The van der Waals surface area contributed by atoms with Crippen LogP contribution in [0.2, 0.25) is 0 Å². The van der Waals surface area contributed by atoms with Crippen molar-refractivity contribution in [3.63, 3.8) is 0 Å². The molecule has 20 heavy (non-hydrogen) atoms. The Morgan fingerprint density at radius 3 is 2.90 bits per heavy atom. The first kappa shape index (κ1) is 15.0. The van der Waals surface area contributed by atoms with E-state index in [2.05, 4.69) is 12.2 Å². The molecule has 4 heteroatoms. The Labute approximate surface area is 120 Å². The number of carbonyl (C=O) groups is 1.